The highest BCUT2D eigenvalue weighted by molar-refractivity contribution is 8.13. The molecule has 0 saturated carbocycles. The molecule has 4 heterocycles. The van der Waals surface area contributed by atoms with Crippen molar-refractivity contribution in [2.75, 3.05) is 25.4 Å². The van der Waals surface area contributed by atoms with Gasteiger partial charge in [0, 0.05) is 28.1 Å². The number of carbonyl (C=O) groups excluding carboxylic acids is 1. The monoisotopic (exact) mass is 506 g/mol. The molecule has 3 aliphatic heterocycles. The van der Waals surface area contributed by atoms with E-state index >= 15 is 0 Å². The van der Waals surface area contributed by atoms with Gasteiger partial charge < -0.3 is 5.32 Å². The fourth-order valence-electron chi connectivity index (χ4n) is 5.87. The Morgan fingerprint density at radius 2 is 2.09 bits per heavy atom. The fraction of sp³-hybridized carbons (Fsp3) is 0.348. The number of halogens is 4. The zero-order valence-corrected chi connectivity index (χ0v) is 19.4. The van der Waals surface area contributed by atoms with Gasteiger partial charge in [-0.2, -0.15) is 18.3 Å². The van der Waals surface area contributed by atoms with Crippen LogP contribution in [-0.2, 0) is 22.9 Å². The number of carbonyl (C=O) groups is 1. The molecule has 11 heteroatoms. The number of nitrogens with zero attached hydrogens (tertiary/aromatic N) is 3. The van der Waals surface area contributed by atoms with Crippen LogP contribution in [0.4, 0.5) is 13.2 Å². The maximum absolute atomic E-state index is 14.1. The third kappa shape index (κ3) is 3.04. The van der Waals surface area contributed by atoms with E-state index in [0.717, 1.165) is 33.5 Å². The number of alkyl halides is 3. The number of piperazine rings is 1. The Balaban J connectivity index is 1.58. The minimum absolute atomic E-state index is 0.0370. The van der Waals surface area contributed by atoms with Crippen molar-refractivity contribution in [2.24, 2.45) is 4.99 Å². The van der Waals surface area contributed by atoms with Gasteiger partial charge >= 0.3 is 6.18 Å². The number of quaternary nitrogens is 1. The Morgan fingerprint density at radius 1 is 1.24 bits per heavy atom. The molecule has 1 amide bonds. The van der Waals surface area contributed by atoms with Gasteiger partial charge in [0.05, 0.1) is 30.4 Å². The summed E-state index contributed by atoms with van der Waals surface area (Å²) in [6.45, 7) is 1.16. The second kappa shape index (κ2) is 7.47. The van der Waals surface area contributed by atoms with E-state index in [-0.39, 0.29) is 40.0 Å². The Kier molecular flexibility index (Phi) is 4.82. The molecule has 2 N–H and O–H groups in total. The third-order valence-electron chi connectivity index (χ3n) is 7.30. The third-order valence-corrected chi connectivity index (χ3v) is 8.64. The number of hydrogen-bond acceptors (Lipinski definition) is 4. The van der Waals surface area contributed by atoms with E-state index in [0.29, 0.717) is 13.1 Å². The first-order valence-corrected chi connectivity index (χ1v) is 12.2. The summed E-state index contributed by atoms with van der Waals surface area (Å²) in [5.74, 6) is 0.680. The topological polar surface area (TPSA) is 70.1 Å². The van der Waals surface area contributed by atoms with Crippen LogP contribution in [-0.4, -0.2) is 57.2 Å². The standard InChI is InChI=1S/C23H19ClF3N5OS/c24-16-3-1-13(17(8-16)23(25,26)27)9-22(15-2-4-18-14(7-15)10-30-31-18)19-11-29-20(33)12-32(19,22)21-28-5-6-34-21/h1-4,7-8,10,19H,5-6,9,11-12H2,(H-,29,30,31,33)/p+1. The van der Waals surface area contributed by atoms with Gasteiger partial charge in [-0.25, -0.2) is 9.48 Å². The quantitative estimate of drug-likeness (QED) is 0.415. The van der Waals surface area contributed by atoms with Gasteiger partial charge in [0.1, 0.15) is 0 Å². The molecule has 6 nitrogen and oxygen atoms in total. The molecule has 34 heavy (non-hydrogen) atoms. The normalized spacial score (nSPS) is 28.5. The van der Waals surface area contributed by atoms with E-state index in [1.807, 2.05) is 18.2 Å². The number of thioether (sulfide) groups is 1. The average Bonchev–Trinajstić information content (AvgIpc) is 3.25. The predicted molar refractivity (Wildman–Crippen MR) is 125 cm³/mol. The van der Waals surface area contributed by atoms with Crippen molar-refractivity contribution in [2.45, 2.75) is 24.2 Å². The van der Waals surface area contributed by atoms with Crippen molar-refractivity contribution in [3.8, 4) is 0 Å². The molecule has 3 atom stereocenters. The molecule has 0 spiro atoms. The summed E-state index contributed by atoms with van der Waals surface area (Å²) in [4.78, 5) is 17.4. The smallest absolute Gasteiger partial charge is 0.345 e. The van der Waals surface area contributed by atoms with Crippen molar-refractivity contribution in [3.63, 3.8) is 0 Å². The molecule has 0 radical (unpaired) electrons. The molecular weight excluding hydrogens is 487 g/mol. The largest absolute Gasteiger partial charge is 0.416 e. The predicted octanol–water partition coefficient (Wildman–Crippen LogP) is 4.10. The molecule has 3 aliphatic rings. The molecule has 0 bridgehead atoms. The van der Waals surface area contributed by atoms with Crippen molar-refractivity contribution >= 4 is 45.3 Å². The molecule has 2 saturated heterocycles. The minimum atomic E-state index is -4.55. The average molecular weight is 507 g/mol. The van der Waals surface area contributed by atoms with Gasteiger partial charge in [0.2, 0.25) is 0 Å². The van der Waals surface area contributed by atoms with Crippen LogP contribution in [0, 0.1) is 0 Å². The fourth-order valence-corrected chi connectivity index (χ4v) is 7.17. The highest BCUT2D eigenvalue weighted by Gasteiger charge is 2.84. The number of fused-ring (bicyclic) bond motifs is 2. The number of rotatable bonds is 3. The molecule has 6 rings (SSSR count). The zero-order chi connectivity index (χ0) is 23.7. The van der Waals surface area contributed by atoms with Crippen LogP contribution in [0.1, 0.15) is 16.7 Å². The second-order valence-electron chi connectivity index (χ2n) is 8.93. The first kappa shape index (κ1) is 21.9. The number of aromatic amines is 1. The lowest BCUT2D eigenvalue weighted by molar-refractivity contribution is -0.741. The number of H-pyrrole nitrogens is 1. The maximum atomic E-state index is 14.1. The van der Waals surface area contributed by atoms with Crippen LogP contribution >= 0.6 is 23.4 Å². The Hall–Kier alpha value is -2.56. The van der Waals surface area contributed by atoms with Gasteiger partial charge in [-0.05, 0) is 41.6 Å². The minimum Gasteiger partial charge on any atom is -0.345 e. The lowest BCUT2D eigenvalue weighted by Gasteiger charge is -2.27. The molecule has 2 aromatic carbocycles. The van der Waals surface area contributed by atoms with E-state index < -0.39 is 17.3 Å². The molecule has 2 fully saturated rings. The molecule has 176 valence electrons. The molecular formula is C23H20ClF3N5OS+. The molecule has 3 unspecified atom stereocenters. The summed E-state index contributed by atoms with van der Waals surface area (Å²) in [5.41, 5.74) is 0.350. The number of aliphatic imine (C=N–C) groups is 1. The number of amides is 1. The lowest BCUT2D eigenvalue weighted by Crippen LogP contribution is -2.51. The van der Waals surface area contributed by atoms with Gasteiger partial charge in [-0.15, -0.1) is 0 Å². The zero-order valence-electron chi connectivity index (χ0n) is 17.8. The number of benzene rings is 2. The van der Waals surface area contributed by atoms with Crippen LogP contribution in [0.15, 0.2) is 47.6 Å². The molecule has 0 aliphatic carbocycles. The van der Waals surface area contributed by atoms with Gasteiger partial charge in [0.15, 0.2) is 18.1 Å². The lowest BCUT2D eigenvalue weighted by atomic mass is 9.85. The Labute approximate surface area is 202 Å². The number of nitrogens with one attached hydrogen (secondary N) is 2. The molecule has 1 aromatic heterocycles. The first-order chi connectivity index (χ1) is 16.3. The van der Waals surface area contributed by atoms with Gasteiger partial charge in [-0.1, -0.05) is 23.7 Å². The SMILES string of the molecule is O=C1C[N+]2(C3=NCCS3)C(CN1)C2(Cc1ccc(Cl)cc1C(F)(F)F)c1ccc2[nH]ncc2c1. The highest BCUT2D eigenvalue weighted by Crippen LogP contribution is 2.63. The summed E-state index contributed by atoms with van der Waals surface area (Å²) in [7, 11) is 0. The van der Waals surface area contributed by atoms with Crippen molar-refractivity contribution < 1.29 is 22.4 Å². The first-order valence-electron chi connectivity index (χ1n) is 10.9. The van der Waals surface area contributed by atoms with Crippen molar-refractivity contribution in [1.82, 2.24) is 15.5 Å². The van der Waals surface area contributed by atoms with Crippen LogP contribution in [0.3, 0.4) is 0 Å². The van der Waals surface area contributed by atoms with E-state index in [4.69, 9.17) is 16.6 Å². The number of aromatic nitrogens is 2. The van der Waals surface area contributed by atoms with Crippen LogP contribution < -0.4 is 5.32 Å². The Morgan fingerprint density at radius 3 is 2.85 bits per heavy atom. The second-order valence-corrected chi connectivity index (χ2v) is 10.4. The van der Waals surface area contributed by atoms with Gasteiger partial charge in [-0.3, -0.25) is 9.89 Å². The summed E-state index contributed by atoms with van der Waals surface area (Å²) in [6.07, 6.45) is -2.75. The van der Waals surface area contributed by atoms with E-state index in [1.165, 1.54) is 12.1 Å². The Bertz CT molecular complexity index is 1360. The summed E-state index contributed by atoms with van der Waals surface area (Å²) in [5, 5.41) is 11.7. The maximum Gasteiger partial charge on any atom is 0.416 e. The number of amidine groups is 1. The van der Waals surface area contributed by atoms with Gasteiger partial charge in [0.25, 0.3) is 11.1 Å². The summed E-state index contributed by atoms with van der Waals surface area (Å²) in [6, 6.07) is 9.63. The van der Waals surface area contributed by atoms with Crippen LogP contribution in [0.2, 0.25) is 5.02 Å². The summed E-state index contributed by atoms with van der Waals surface area (Å²) < 4.78 is 42.4. The molecule has 3 aromatic rings. The van der Waals surface area contributed by atoms with Crippen LogP contribution in [0.25, 0.3) is 10.9 Å². The number of hydrogen-bond donors (Lipinski definition) is 2. The van der Waals surface area contributed by atoms with E-state index in [2.05, 4.69) is 15.5 Å². The summed E-state index contributed by atoms with van der Waals surface area (Å²) >= 11 is 7.56. The van der Waals surface area contributed by atoms with Crippen molar-refractivity contribution in [1.29, 1.82) is 0 Å². The van der Waals surface area contributed by atoms with E-state index in [1.54, 1.807) is 18.0 Å². The van der Waals surface area contributed by atoms with Crippen LogP contribution in [0.5, 0.6) is 0 Å². The van der Waals surface area contributed by atoms with Crippen molar-refractivity contribution in [3.05, 3.63) is 64.3 Å². The van der Waals surface area contributed by atoms with E-state index in [9.17, 15) is 18.0 Å². The highest BCUT2D eigenvalue weighted by atomic mass is 35.5.